The van der Waals surface area contributed by atoms with Crippen molar-refractivity contribution < 1.29 is 4.70 Å². The van der Waals surface area contributed by atoms with Gasteiger partial charge in [-0.2, -0.15) is 0 Å². The van der Waals surface area contributed by atoms with E-state index < -0.39 is 0 Å². The number of hydrogen-bond acceptors (Lipinski definition) is 0. The Hall–Kier alpha value is -2.92. The van der Waals surface area contributed by atoms with E-state index in [1.165, 1.54) is 195 Å². The fourth-order valence-electron chi connectivity index (χ4n) is 8.36. The zero-order valence-electron chi connectivity index (χ0n) is 36.4. The maximum Gasteiger partial charge on any atom is 0.223 e. The van der Waals surface area contributed by atoms with Crippen molar-refractivity contribution in [3.8, 4) is 11.8 Å². The Morgan fingerprint density at radius 3 is 1.22 bits per heavy atom. The average molecular weight is 747 g/mol. The van der Waals surface area contributed by atoms with Gasteiger partial charge >= 0.3 is 0 Å². The van der Waals surface area contributed by atoms with Crippen molar-refractivity contribution in [2.75, 3.05) is 0 Å². The molecule has 2 aromatic rings. The van der Waals surface area contributed by atoms with Crippen LogP contribution in [0.1, 0.15) is 235 Å². The molecule has 0 atom stereocenters. The number of nitrogens with zero attached hydrogens (tertiary/aromatic N) is 2. The third-order valence-corrected chi connectivity index (χ3v) is 11.7. The average Bonchev–Trinajstić information content (AvgIpc) is 3.46. The van der Waals surface area contributed by atoms with Crippen LogP contribution < -0.4 is 0 Å². The molecule has 0 aliphatic carbocycles. The van der Waals surface area contributed by atoms with Gasteiger partial charge < -0.3 is 5.53 Å². The summed E-state index contributed by atoms with van der Waals surface area (Å²) in [6.07, 6.45) is 41.8. The fourth-order valence-corrected chi connectivity index (χ4v) is 8.36. The molecule has 0 saturated heterocycles. The number of allylic oxidation sites excluding steroid dienone is 2. The summed E-state index contributed by atoms with van der Waals surface area (Å²) in [7, 11) is 0. The molecule has 0 bridgehead atoms. The van der Waals surface area contributed by atoms with E-state index in [0.29, 0.717) is 0 Å². The third-order valence-electron chi connectivity index (χ3n) is 11.7. The zero-order valence-corrected chi connectivity index (χ0v) is 36.4. The second kappa shape index (κ2) is 30.2. The lowest BCUT2D eigenvalue weighted by atomic mass is 9.94. The van der Waals surface area contributed by atoms with E-state index in [0.717, 1.165) is 53.8 Å². The molecular formula is C53H82N2. The Balaban J connectivity index is 1.36. The van der Waals surface area contributed by atoms with Crippen molar-refractivity contribution >= 4 is 11.4 Å². The van der Waals surface area contributed by atoms with Gasteiger partial charge in [-0.25, -0.2) is 4.70 Å². The Kier molecular flexibility index (Phi) is 25.6. The second-order valence-corrected chi connectivity index (χ2v) is 16.9. The van der Waals surface area contributed by atoms with Gasteiger partial charge in [0.05, 0.1) is 0 Å². The van der Waals surface area contributed by atoms with Crippen LogP contribution in [-0.2, 0) is 0 Å². The highest BCUT2D eigenvalue weighted by molar-refractivity contribution is 5.85. The summed E-state index contributed by atoms with van der Waals surface area (Å²) in [5.41, 5.74) is 20.4. The van der Waals surface area contributed by atoms with E-state index in [1.807, 2.05) is 0 Å². The predicted molar refractivity (Wildman–Crippen MR) is 242 cm³/mol. The lowest BCUT2D eigenvalue weighted by Crippen LogP contribution is -2.02. The number of hydrogen-bond donors (Lipinski definition) is 0. The normalized spacial score (nSPS) is 12.9. The first-order valence-corrected chi connectivity index (χ1v) is 23.7. The first kappa shape index (κ1) is 46.5. The summed E-state index contributed by atoms with van der Waals surface area (Å²) in [5.74, 6) is 7.22. The van der Waals surface area contributed by atoms with Gasteiger partial charge in [0.25, 0.3) is 0 Å². The summed E-state index contributed by atoms with van der Waals surface area (Å²) >= 11 is 0. The Morgan fingerprint density at radius 1 is 0.455 bits per heavy atom. The Morgan fingerprint density at radius 2 is 0.818 bits per heavy atom. The lowest BCUT2D eigenvalue weighted by Gasteiger charge is -2.10. The molecular weight excluding hydrogens is 665 g/mol. The lowest BCUT2D eigenvalue weighted by molar-refractivity contribution is -0.345. The van der Waals surface area contributed by atoms with Crippen LogP contribution in [-0.4, -0.2) is 4.70 Å². The van der Waals surface area contributed by atoms with E-state index >= 15 is 0 Å². The van der Waals surface area contributed by atoms with Gasteiger partial charge in [-0.15, -0.1) is 0 Å². The van der Waals surface area contributed by atoms with Gasteiger partial charge in [-0.1, -0.05) is 234 Å². The van der Waals surface area contributed by atoms with Crippen LogP contribution in [0.5, 0.6) is 0 Å². The molecule has 1 aliphatic rings. The van der Waals surface area contributed by atoms with E-state index in [-0.39, 0.29) is 0 Å². The highest BCUT2D eigenvalue weighted by atomic mass is 15.2. The maximum absolute atomic E-state index is 11.9. The number of unbranched alkanes of at least 4 members (excludes halogenated alkanes) is 28. The molecule has 3 rings (SSSR count). The molecule has 2 heteroatoms. The van der Waals surface area contributed by atoms with E-state index in [4.69, 9.17) is 0 Å². The topological polar surface area (TPSA) is 25.3 Å². The monoisotopic (exact) mass is 747 g/mol. The Bertz CT molecular complexity index is 1460. The highest BCUT2D eigenvalue weighted by Gasteiger charge is 2.35. The number of benzene rings is 2. The van der Waals surface area contributed by atoms with Crippen LogP contribution in [0.2, 0.25) is 0 Å². The molecule has 304 valence electrons. The summed E-state index contributed by atoms with van der Waals surface area (Å²) in [6, 6.07) is 17.1. The summed E-state index contributed by atoms with van der Waals surface area (Å²) in [6.45, 7) is 8.84. The van der Waals surface area contributed by atoms with Crippen molar-refractivity contribution in [2.45, 2.75) is 227 Å². The van der Waals surface area contributed by atoms with E-state index in [1.54, 1.807) is 0 Å². The van der Waals surface area contributed by atoms with Gasteiger partial charge in [0.1, 0.15) is 5.57 Å². The SMILES string of the molecule is CCCCCCCCCCCCCCCCCCCCCCCCCC#CC1=C(c2cccc(C)c2)[N+](=[N-])C(c2cccc(C)c2)=C1CCCCCCCC. The van der Waals surface area contributed by atoms with Gasteiger partial charge in [-0.3, -0.25) is 0 Å². The van der Waals surface area contributed by atoms with Gasteiger partial charge in [0, 0.05) is 23.1 Å². The summed E-state index contributed by atoms with van der Waals surface area (Å²) in [4.78, 5) is 0. The van der Waals surface area contributed by atoms with Crippen LogP contribution in [0.25, 0.3) is 16.9 Å². The molecule has 0 saturated carbocycles. The first-order chi connectivity index (χ1) is 27.1. The molecule has 0 fully saturated rings. The quantitative estimate of drug-likeness (QED) is 0.0405. The minimum Gasteiger partial charge on any atom is -0.493 e. The van der Waals surface area contributed by atoms with Crippen molar-refractivity contribution in [3.63, 3.8) is 0 Å². The summed E-state index contributed by atoms with van der Waals surface area (Å²) < 4.78 is 1.46. The highest BCUT2D eigenvalue weighted by Crippen LogP contribution is 2.42. The van der Waals surface area contributed by atoms with Crippen molar-refractivity contribution in [1.82, 2.24) is 0 Å². The molecule has 0 spiro atoms. The molecule has 1 aliphatic heterocycles. The van der Waals surface area contributed by atoms with E-state index in [2.05, 4.69) is 88.1 Å². The summed E-state index contributed by atoms with van der Waals surface area (Å²) in [5, 5.41) is 0. The maximum atomic E-state index is 11.9. The van der Waals surface area contributed by atoms with Crippen LogP contribution in [0.4, 0.5) is 0 Å². The van der Waals surface area contributed by atoms with Crippen molar-refractivity contribution in [3.05, 3.63) is 87.5 Å². The van der Waals surface area contributed by atoms with Gasteiger partial charge in [0.2, 0.25) is 11.4 Å². The van der Waals surface area contributed by atoms with Crippen molar-refractivity contribution in [1.29, 1.82) is 0 Å². The van der Waals surface area contributed by atoms with Gasteiger partial charge in [-0.05, 0) is 57.4 Å². The molecule has 0 N–H and O–H groups in total. The molecule has 0 unspecified atom stereocenters. The molecule has 2 aromatic carbocycles. The number of rotatable bonds is 32. The van der Waals surface area contributed by atoms with Crippen LogP contribution in [0.3, 0.4) is 0 Å². The first-order valence-electron chi connectivity index (χ1n) is 23.7. The minimum absolute atomic E-state index is 0.845. The largest absolute Gasteiger partial charge is 0.493 e. The molecule has 2 nitrogen and oxygen atoms in total. The molecule has 0 amide bonds. The molecule has 1 heterocycles. The second-order valence-electron chi connectivity index (χ2n) is 16.9. The molecule has 0 aromatic heterocycles. The predicted octanol–water partition coefficient (Wildman–Crippen LogP) is 17.6. The number of aryl methyl sites for hydroxylation is 2. The third kappa shape index (κ3) is 19.2. The van der Waals surface area contributed by atoms with Crippen LogP contribution in [0, 0.1) is 25.7 Å². The Labute approximate surface area is 341 Å². The smallest absolute Gasteiger partial charge is 0.223 e. The van der Waals surface area contributed by atoms with E-state index in [9.17, 15) is 5.53 Å². The zero-order chi connectivity index (χ0) is 39.2. The molecule has 0 radical (unpaired) electrons. The van der Waals surface area contributed by atoms with Crippen molar-refractivity contribution in [2.24, 2.45) is 0 Å². The van der Waals surface area contributed by atoms with Crippen LogP contribution >= 0.6 is 0 Å². The van der Waals surface area contributed by atoms with Crippen LogP contribution in [0.15, 0.2) is 59.7 Å². The standard InChI is InChI=1S/C53H82N2/c1-5-7-9-11-13-14-15-16-17-18-19-20-21-22-23-24-25-26-27-28-29-30-31-33-35-43-51-50(42-34-32-12-10-8-6-2)52(48-40-36-38-46(3)44-48)55(54)53(51)49-41-37-39-47(4)45-49/h36-41,44-45H,5-34,42H2,1-4H3. The fraction of sp³-hybridized carbons (Fsp3) is 0.660. The van der Waals surface area contributed by atoms with Gasteiger partial charge in [0.15, 0.2) is 0 Å². The minimum atomic E-state index is 0.845. The molecule has 55 heavy (non-hydrogen) atoms.